The molecule has 2 rings (SSSR count). The summed E-state index contributed by atoms with van der Waals surface area (Å²) in [6.45, 7) is 5.18. The zero-order valence-corrected chi connectivity index (χ0v) is 12.3. The molecule has 1 aliphatic heterocycles. The van der Waals surface area contributed by atoms with Gasteiger partial charge in [-0.05, 0) is 69.0 Å². The normalized spacial score (nSPS) is 15.3. The Balaban J connectivity index is 1.83. The summed E-state index contributed by atoms with van der Waals surface area (Å²) in [6, 6.07) is 6.77. The Morgan fingerprint density at radius 1 is 1.39 bits per heavy atom. The van der Waals surface area contributed by atoms with Crippen molar-refractivity contribution >= 4 is 17.4 Å². The van der Waals surface area contributed by atoms with Gasteiger partial charge in [0, 0.05) is 22.7 Å². The van der Waals surface area contributed by atoms with Gasteiger partial charge in [0.15, 0.2) is 0 Å². The number of fused-ring (bicyclic) bond motifs is 1. The SMILES string of the molecule is CC(C)(N)CCCNc1ccc2c(c1)CCCS2. The van der Waals surface area contributed by atoms with Gasteiger partial charge >= 0.3 is 0 Å². The van der Waals surface area contributed by atoms with Crippen LogP contribution >= 0.6 is 11.8 Å². The highest BCUT2D eigenvalue weighted by atomic mass is 32.2. The molecule has 2 nitrogen and oxygen atoms in total. The second kappa shape index (κ2) is 5.98. The number of hydrogen-bond acceptors (Lipinski definition) is 3. The maximum atomic E-state index is 5.98. The number of anilines is 1. The Kier molecular flexibility index (Phi) is 4.57. The number of aryl methyl sites for hydroxylation is 1. The Bertz CT molecular complexity index is 396. The molecule has 1 aromatic rings. The first-order valence-corrected chi connectivity index (χ1v) is 7.82. The zero-order valence-electron chi connectivity index (χ0n) is 11.5. The lowest BCUT2D eigenvalue weighted by Crippen LogP contribution is -2.32. The van der Waals surface area contributed by atoms with Gasteiger partial charge in [0.1, 0.15) is 0 Å². The molecule has 1 aromatic carbocycles. The lowest BCUT2D eigenvalue weighted by atomic mass is 10.0. The molecule has 0 radical (unpaired) electrons. The Labute approximate surface area is 115 Å². The fourth-order valence-corrected chi connectivity index (χ4v) is 3.27. The molecule has 3 N–H and O–H groups in total. The summed E-state index contributed by atoms with van der Waals surface area (Å²) in [5.41, 5.74) is 8.69. The van der Waals surface area contributed by atoms with Crippen molar-refractivity contribution in [1.82, 2.24) is 0 Å². The van der Waals surface area contributed by atoms with E-state index in [2.05, 4.69) is 37.4 Å². The third kappa shape index (κ3) is 4.21. The van der Waals surface area contributed by atoms with Crippen LogP contribution in [-0.2, 0) is 6.42 Å². The van der Waals surface area contributed by atoms with Gasteiger partial charge in [-0.25, -0.2) is 0 Å². The molecule has 0 aromatic heterocycles. The minimum atomic E-state index is -0.0474. The van der Waals surface area contributed by atoms with Crippen molar-refractivity contribution in [2.75, 3.05) is 17.6 Å². The van der Waals surface area contributed by atoms with Crippen molar-refractivity contribution < 1.29 is 0 Å². The molecule has 100 valence electrons. The molecule has 3 heteroatoms. The number of nitrogens with two attached hydrogens (primary N) is 1. The molecule has 0 spiro atoms. The van der Waals surface area contributed by atoms with Crippen LogP contribution in [0.3, 0.4) is 0 Å². The van der Waals surface area contributed by atoms with Crippen LogP contribution in [0.1, 0.15) is 38.7 Å². The predicted molar refractivity (Wildman–Crippen MR) is 81.5 cm³/mol. The van der Waals surface area contributed by atoms with Crippen molar-refractivity contribution in [3.63, 3.8) is 0 Å². The monoisotopic (exact) mass is 264 g/mol. The van der Waals surface area contributed by atoms with E-state index < -0.39 is 0 Å². The quantitative estimate of drug-likeness (QED) is 0.797. The lowest BCUT2D eigenvalue weighted by Gasteiger charge is -2.19. The molecule has 1 heterocycles. The summed E-state index contributed by atoms with van der Waals surface area (Å²) in [5.74, 6) is 1.27. The molecule has 0 saturated carbocycles. The number of thioether (sulfide) groups is 1. The standard InChI is InChI=1S/C15H24N2S/c1-15(2,16)8-4-9-17-13-6-7-14-12(11-13)5-3-10-18-14/h6-7,11,17H,3-5,8-10,16H2,1-2H3. The summed E-state index contributed by atoms with van der Waals surface area (Å²) < 4.78 is 0. The molecule has 0 atom stereocenters. The van der Waals surface area contributed by atoms with Crippen LogP contribution in [0.2, 0.25) is 0 Å². The summed E-state index contributed by atoms with van der Waals surface area (Å²) in [4.78, 5) is 1.47. The van der Waals surface area contributed by atoms with Gasteiger partial charge < -0.3 is 11.1 Å². The molecule has 0 aliphatic carbocycles. The molecule has 0 fully saturated rings. The van der Waals surface area contributed by atoms with Crippen LogP contribution in [0.15, 0.2) is 23.1 Å². The Hall–Kier alpha value is -0.670. The molecule has 18 heavy (non-hydrogen) atoms. The highest BCUT2D eigenvalue weighted by molar-refractivity contribution is 7.99. The highest BCUT2D eigenvalue weighted by Crippen LogP contribution is 2.31. The minimum absolute atomic E-state index is 0.0474. The minimum Gasteiger partial charge on any atom is -0.385 e. The molecule has 0 bridgehead atoms. The van der Waals surface area contributed by atoms with Crippen LogP contribution in [0, 0.1) is 0 Å². The van der Waals surface area contributed by atoms with Crippen LogP contribution in [-0.4, -0.2) is 17.8 Å². The second-order valence-electron chi connectivity index (χ2n) is 5.79. The van der Waals surface area contributed by atoms with E-state index in [9.17, 15) is 0 Å². The average molecular weight is 264 g/mol. The van der Waals surface area contributed by atoms with Gasteiger partial charge in [0.25, 0.3) is 0 Å². The lowest BCUT2D eigenvalue weighted by molar-refractivity contribution is 0.465. The highest BCUT2D eigenvalue weighted by Gasteiger charge is 2.11. The van der Waals surface area contributed by atoms with Gasteiger partial charge in [-0.3, -0.25) is 0 Å². The number of nitrogens with one attached hydrogen (secondary N) is 1. The Morgan fingerprint density at radius 2 is 2.22 bits per heavy atom. The summed E-state index contributed by atoms with van der Waals surface area (Å²) >= 11 is 1.98. The van der Waals surface area contributed by atoms with Crippen molar-refractivity contribution in [3.8, 4) is 0 Å². The first kappa shape index (κ1) is 13.8. The van der Waals surface area contributed by atoms with Crippen LogP contribution in [0.25, 0.3) is 0 Å². The van der Waals surface area contributed by atoms with Crippen LogP contribution in [0.4, 0.5) is 5.69 Å². The third-order valence-electron chi connectivity index (χ3n) is 3.24. The van der Waals surface area contributed by atoms with Crippen molar-refractivity contribution in [1.29, 1.82) is 0 Å². The average Bonchev–Trinajstić information content (AvgIpc) is 2.33. The van der Waals surface area contributed by atoms with Crippen molar-refractivity contribution in [2.24, 2.45) is 5.73 Å². The van der Waals surface area contributed by atoms with Gasteiger partial charge in [-0.2, -0.15) is 0 Å². The van der Waals surface area contributed by atoms with Crippen LogP contribution < -0.4 is 11.1 Å². The van der Waals surface area contributed by atoms with E-state index in [4.69, 9.17) is 5.73 Å². The van der Waals surface area contributed by atoms with E-state index in [0.717, 1.165) is 19.4 Å². The van der Waals surface area contributed by atoms with Gasteiger partial charge in [-0.15, -0.1) is 11.8 Å². The molecular formula is C15H24N2S. The van der Waals surface area contributed by atoms with Gasteiger partial charge in [0.2, 0.25) is 0 Å². The molecule has 0 unspecified atom stereocenters. The van der Waals surface area contributed by atoms with E-state index in [1.807, 2.05) is 11.8 Å². The van der Waals surface area contributed by atoms with E-state index in [-0.39, 0.29) is 5.54 Å². The maximum absolute atomic E-state index is 5.98. The Morgan fingerprint density at radius 3 is 3.00 bits per heavy atom. The van der Waals surface area contributed by atoms with Gasteiger partial charge in [0.05, 0.1) is 0 Å². The van der Waals surface area contributed by atoms with Crippen LogP contribution in [0.5, 0.6) is 0 Å². The number of rotatable bonds is 5. The smallest absolute Gasteiger partial charge is 0.0343 e. The van der Waals surface area contributed by atoms with Gasteiger partial charge in [-0.1, -0.05) is 0 Å². The van der Waals surface area contributed by atoms with E-state index >= 15 is 0 Å². The summed E-state index contributed by atoms with van der Waals surface area (Å²) in [5, 5.41) is 3.50. The molecule has 0 saturated heterocycles. The van der Waals surface area contributed by atoms with E-state index in [1.54, 1.807) is 0 Å². The summed E-state index contributed by atoms with van der Waals surface area (Å²) in [6.07, 6.45) is 4.71. The third-order valence-corrected chi connectivity index (χ3v) is 4.44. The first-order valence-electron chi connectivity index (χ1n) is 6.83. The predicted octanol–water partition coefficient (Wildman–Crippen LogP) is 3.65. The topological polar surface area (TPSA) is 38.0 Å². The zero-order chi connectivity index (χ0) is 13.0. The number of hydrogen-bond donors (Lipinski definition) is 2. The summed E-state index contributed by atoms with van der Waals surface area (Å²) in [7, 11) is 0. The molecule has 1 aliphatic rings. The largest absolute Gasteiger partial charge is 0.385 e. The molecule has 0 amide bonds. The first-order chi connectivity index (χ1) is 8.54. The second-order valence-corrected chi connectivity index (χ2v) is 6.93. The van der Waals surface area contributed by atoms with Crippen molar-refractivity contribution in [2.45, 2.75) is 50.0 Å². The fraction of sp³-hybridized carbons (Fsp3) is 0.600. The fourth-order valence-electron chi connectivity index (χ4n) is 2.25. The maximum Gasteiger partial charge on any atom is 0.0343 e. The molecular weight excluding hydrogens is 240 g/mol. The van der Waals surface area contributed by atoms with E-state index in [0.29, 0.717) is 0 Å². The van der Waals surface area contributed by atoms with Crippen molar-refractivity contribution in [3.05, 3.63) is 23.8 Å². The number of benzene rings is 1. The van der Waals surface area contributed by atoms with E-state index in [1.165, 1.54) is 34.7 Å².